The standard InChI is InChI=1S/C14H29N3O/c1-12(2)15-13(11-18)9-16-6-4-8-17-7-3-5-14(17)10-16/h12-15,18H,3-11H2,1-2H3. The highest BCUT2D eigenvalue weighted by Gasteiger charge is 2.29. The number of rotatable bonds is 5. The molecule has 0 radical (unpaired) electrons. The van der Waals surface area contributed by atoms with Gasteiger partial charge in [-0.25, -0.2) is 0 Å². The summed E-state index contributed by atoms with van der Waals surface area (Å²) in [7, 11) is 0. The van der Waals surface area contributed by atoms with E-state index in [1.165, 1.54) is 45.4 Å². The van der Waals surface area contributed by atoms with Gasteiger partial charge in [0.15, 0.2) is 0 Å². The van der Waals surface area contributed by atoms with Crippen LogP contribution < -0.4 is 5.32 Å². The summed E-state index contributed by atoms with van der Waals surface area (Å²) in [5.74, 6) is 0. The van der Waals surface area contributed by atoms with Crippen LogP contribution in [0.2, 0.25) is 0 Å². The molecule has 2 unspecified atom stereocenters. The van der Waals surface area contributed by atoms with E-state index in [4.69, 9.17) is 0 Å². The van der Waals surface area contributed by atoms with E-state index in [-0.39, 0.29) is 12.6 Å². The molecule has 0 spiro atoms. The molecule has 0 bridgehead atoms. The molecule has 0 aromatic heterocycles. The molecule has 2 atom stereocenters. The topological polar surface area (TPSA) is 38.7 Å². The van der Waals surface area contributed by atoms with E-state index in [1.54, 1.807) is 0 Å². The van der Waals surface area contributed by atoms with Crippen LogP contribution in [0.3, 0.4) is 0 Å². The highest BCUT2D eigenvalue weighted by molar-refractivity contribution is 4.86. The first-order valence-electron chi connectivity index (χ1n) is 7.52. The van der Waals surface area contributed by atoms with Crippen molar-refractivity contribution >= 4 is 0 Å². The lowest BCUT2D eigenvalue weighted by atomic mass is 10.2. The van der Waals surface area contributed by atoms with Crippen LogP contribution in [-0.4, -0.2) is 72.4 Å². The highest BCUT2D eigenvalue weighted by Crippen LogP contribution is 2.21. The molecule has 2 heterocycles. The largest absolute Gasteiger partial charge is 0.395 e. The lowest BCUT2D eigenvalue weighted by Crippen LogP contribution is -2.48. The predicted molar refractivity (Wildman–Crippen MR) is 74.8 cm³/mol. The van der Waals surface area contributed by atoms with Crippen molar-refractivity contribution in [1.29, 1.82) is 0 Å². The first-order valence-corrected chi connectivity index (χ1v) is 7.52. The molecule has 2 fully saturated rings. The predicted octanol–water partition coefficient (Wildman–Crippen LogP) is 0.515. The van der Waals surface area contributed by atoms with Crippen molar-refractivity contribution in [1.82, 2.24) is 15.1 Å². The van der Waals surface area contributed by atoms with Gasteiger partial charge in [-0.15, -0.1) is 0 Å². The Hall–Kier alpha value is -0.160. The van der Waals surface area contributed by atoms with Crippen LogP contribution in [0.4, 0.5) is 0 Å². The molecule has 18 heavy (non-hydrogen) atoms. The van der Waals surface area contributed by atoms with Crippen LogP contribution in [0.15, 0.2) is 0 Å². The molecule has 4 heteroatoms. The minimum absolute atomic E-state index is 0.220. The van der Waals surface area contributed by atoms with Crippen molar-refractivity contribution in [3.63, 3.8) is 0 Å². The van der Waals surface area contributed by atoms with Crippen LogP contribution in [0.25, 0.3) is 0 Å². The lowest BCUT2D eigenvalue weighted by molar-refractivity contribution is 0.164. The van der Waals surface area contributed by atoms with Gasteiger partial charge >= 0.3 is 0 Å². The smallest absolute Gasteiger partial charge is 0.0597 e. The van der Waals surface area contributed by atoms with Crippen LogP contribution >= 0.6 is 0 Å². The summed E-state index contributed by atoms with van der Waals surface area (Å²) >= 11 is 0. The third kappa shape index (κ3) is 3.92. The zero-order chi connectivity index (χ0) is 13.0. The Labute approximate surface area is 111 Å². The molecule has 0 saturated carbocycles. The van der Waals surface area contributed by atoms with E-state index in [9.17, 15) is 5.11 Å². The SMILES string of the molecule is CC(C)NC(CO)CN1CCCN2CCCC2C1. The minimum atomic E-state index is 0.220. The fraction of sp³-hybridized carbons (Fsp3) is 1.00. The molecule has 2 saturated heterocycles. The van der Waals surface area contributed by atoms with Gasteiger partial charge in [-0.2, -0.15) is 0 Å². The summed E-state index contributed by atoms with van der Waals surface area (Å²) in [4.78, 5) is 5.20. The maximum atomic E-state index is 9.46. The zero-order valence-electron chi connectivity index (χ0n) is 11.9. The van der Waals surface area contributed by atoms with Crippen LogP contribution in [0.1, 0.15) is 33.1 Å². The van der Waals surface area contributed by atoms with E-state index in [1.807, 2.05) is 0 Å². The summed E-state index contributed by atoms with van der Waals surface area (Å²) in [6, 6.07) is 1.43. The summed E-state index contributed by atoms with van der Waals surface area (Å²) in [6.07, 6.45) is 4.00. The average Bonchev–Trinajstić information content (AvgIpc) is 2.67. The van der Waals surface area contributed by atoms with Crippen molar-refractivity contribution < 1.29 is 5.11 Å². The van der Waals surface area contributed by atoms with Gasteiger partial charge in [-0.05, 0) is 38.9 Å². The number of nitrogens with one attached hydrogen (secondary N) is 1. The number of aliphatic hydroxyl groups excluding tert-OH is 1. The van der Waals surface area contributed by atoms with E-state index in [2.05, 4.69) is 29.0 Å². The fourth-order valence-electron chi connectivity index (χ4n) is 3.40. The molecule has 2 N–H and O–H groups in total. The average molecular weight is 255 g/mol. The van der Waals surface area contributed by atoms with Gasteiger partial charge in [-0.3, -0.25) is 4.90 Å². The molecule has 106 valence electrons. The van der Waals surface area contributed by atoms with Crippen LogP contribution in [0.5, 0.6) is 0 Å². The molecular weight excluding hydrogens is 226 g/mol. The van der Waals surface area contributed by atoms with E-state index in [0.717, 1.165) is 12.6 Å². The normalized spacial score (nSPS) is 28.3. The molecule has 4 nitrogen and oxygen atoms in total. The highest BCUT2D eigenvalue weighted by atomic mass is 16.3. The van der Waals surface area contributed by atoms with Crippen molar-refractivity contribution in [2.24, 2.45) is 0 Å². The first kappa shape index (κ1) is 14.3. The van der Waals surface area contributed by atoms with Crippen molar-refractivity contribution in [2.75, 3.05) is 39.3 Å². The van der Waals surface area contributed by atoms with Gasteiger partial charge in [0.25, 0.3) is 0 Å². The number of aliphatic hydroxyl groups is 1. The molecule has 0 aromatic rings. The second-order valence-corrected chi connectivity index (χ2v) is 6.15. The van der Waals surface area contributed by atoms with E-state index < -0.39 is 0 Å². The summed E-state index contributed by atoms with van der Waals surface area (Å²) in [5, 5.41) is 12.9. The number of fused-ring (bicyclic) bond motifs is 1. The zero-order valence-corrected chi connectivity index (χ0v) is 11.9. The Morgan fingerprint density at radius 2 is 2.00 bits per heavy atom. The Morgan fingerprint density at radius 1 is 1.22 bits per heavy atom. The molecular formula is C14H29N3O. The van der Waals surface area contributed by atoms with Gasteiger partial charge in [0.1, 0.15) is 0 Å². The van der Waals surface area contributed by atoms with Crippen molar-refractivity contribution in [3.8, 4) is 0 Å². The van der Waals surface area contributed by atoms with Crippen molar-refractivity contribution in [3.05, 3.63) is 0 Å². The molecule has 2 aliphatic rings. The summed E-state index contributed by atoms with van der Waals surface area (Å²) in [6.45, 7) is 10.4. The van der Waals surface area contributed by atoms with Gasteiger partial charge in [-0.1, -0.05) is 13.8 Å². The van der Waals surface area contributed by atoms with Crippen LogP contribution in [0, 0.1) is 0 Å². The second kappa shape index (κ2) is 6.85. The molecule has 2 rings (SSSR count). The third-order valence-corrected chi connectivity index (χ3v) is 4.16. The Bertz CT molecular complexity index is 247. The number of nitrogens with zero attached hydrogens (tertiary/aromatic N) is 2. The molecule has 0 amide bonds. The van der Waals surface area contributed by atoms with Gasteiger partial charge in [0, 0.05) is 31.2 Å². The summed E-state index contributed by atoms with van der Waals surface area (Å²) < 4.78 is 0. The van der Waals surface area contributed by atoms with Crippen LogP contribution in [-0.2, 0) is 0 Å². The lowest BCUT2D eigenvalue weighted by Gasteiger charge is -2.29. The van der Waals surface area contributed by atoms with Gasteiger partial charge in [0.05, 0.1) is 6.61 Å². The number of hydrogen-bond donors (Lipinski definition) is 2. The first-order chi connectivity index (χ1) is 8.69. The monoisotopic (exact) mass is 255 g/mol. The Balaban J connectivity index is 1.83. The molecule has 0 aromatic carbocycles. The van der Waals surface area contributed by atoms with E-state index in [0.29, 0.717) is 6.04 Å². The van der Waals surface area contributed by atoms with Crippen molar-refractivity contribution in [2.45, 2.75) is 51.2 Å². The molecule has 0 aliphatic carbocycles. The maximum Gasteiger partial charge on any atom is 0.0597 e. The Kier molecular flexibility index (Phi) is 5.42. The third-order valence-electron chi connectivity index (χ3n) is 4.16. The number of hydrogen-bond acceptors (Lipinski definition) is 4. The fourth-order valence-corrected chi connectivity index (χ4v) is 3.40. The van der Waals surface area contributed by atoms with Gasteiger partial charge in [0.2, 0.25) is 0 Å². The second-order valence-electron chi connectivity index (χ2n) is 6.15. The minimum Gasteiger partial charge on any atom is -0.395 e. The van der Waals surface area contributed by atoms with E-state index >= 15 is 0 Å². The van der Waals surface area contributed by atoms with Gasteiger partial charge < -0.3 is 15.3 Å². The quantitative estimate of drug-likeness (QED) is 0.751. The summed E-state index contributed by atoms with van der Waals surface area (Å²) in [5.41, 5.74) is 0. The maximum absolute atomic E-state index is 9.46. The molecule has 2 aliphatic heterocycles. The Morgan fingerprint density at radius 3 is 2.72 bits per heavy atom.